The monoisotopic (exact) mass is 462 g/mol. The van der Waals surface area contributed by atoms with Crippen molar-refractivity contribution in [3.8, 4) is 5.75 Å². The van der Waals surface area contributed by atoms with E-state index in [2.05, 4.69) is 0 Å². The summed E-state index contributed by atoms with van der Waals surface area (Å²) in [4.78, 5) is 12.4. The van der Waals surface area contributed by atoms with Gasteiger partial charge in [-0.3, -0.25) is 0 Å². The first-order valence-corrected chi connectivity index (χ1v) is 9.73. The molecule has 0 aliphatic carbocycles. The van der Waals surface area contributed by atoms with Gasteiger partial charge in [0.05, 0.1) is 18.8 Å². The summed E-state index contributed by atoms with van der Waals surface area (Å²) < 4.78 is 21.3. The van der Waals surface area contributed by atoms with E-state index in [1.807, 2.05) is 0 Å². The first kappa shape index (κ1) is 24.7. The highest BCUT2D eigenvalue weighted by Crippen LogP contribution is 2.37. The van der Waals surface area contributed by atoms with Crippen molar-refractivity contribution in [2.24, 2.45) is 0 Å². The summed E-state index contributed by atoms with van der Waals surface area (Å²) in [7, 11) is 0. The quantitative estimate of drug-likeness (QED) is 0.183. The van der Waals surface area contributed by atoms with Crippen LogP contribution < -0.4 is 0 Å². The maximum atomic E-state index is 12.4. The third-order valence-electron chi connectivity index (χ3n) is 5.39. The predicted octanol–water partition coefficient (Wildman–Crippen LogP) is -3.83. The lowest BCUT2D eigenvalue weighted by molar-refractivity contribution is -0.383. The van der Waals surface area contributed by atoms with Gasteiger partial charge in [0, 0.05) is 0 Å². The number of aromatic hydroxyl groups is 1. The first-order chi connectivity index (χ1) is 15.2. The van der Waals surface area contributed by atoms with Gasteiger partial charge in [0.2, 0.25) is 5.79 Å². The highest BCUT2D eigenvalue weighted by molar-refractivity contribution is 5.89. The van der Waals surface area contributed by atoms with Crippen molar-refractivity contribution < 1.29 is 64.6 Å². The third-order valence-corrected chi connectivity index (χ3v) is 5.39. The van der Waals surface area contributed by atoms with E-state index in [1.165, 1.54) is 24.3 Å². The van der Waals surface area contributed by atoms with Crippen LogP contribution in [0.2, 0.25) is 0 Å². The van der Waals surface area contributed by atoms with E-state index in [0.29, 0.717) is 0 Å². The fourth-order valence-electron chi connectivity index (χ4n) is 3.54. The number of hydrogen-bond acceptors (Lipinski definition) is 13. The van der Waals surface area contributed by atoms with Crippen molar-refractivity contribution in [2.75, 3.05) is 19.8 Å². The van der Waals surface area contributed by atoms with Crippen molar-refractivity contribution in [3.05, 3.63) is 29.8 Å². The summed E-state index contributed by atoms with van der Waals surface area (Å²) in [6, 6.07) is 5.00. The van der Waals surface area contributed by atoms with E-state index in [-0.39, 0.29) is 11.3 Å². The van der Waals surface area contributed by atoms with Crippen molar-refractivity contribution in [1.29, 1.82) is 0 Å². The van der Waals surface area contributed by atoms with E-state index < -0.39 is 80.6 Å². The second kappa shape index (κ2) is 9.93. The minimum Gasteiger partial charge on any atom is -0.508 e. The van der Waals surface area contributed by atoms with Gasteiger partial charge in [0.15, 0.2) is 12.4 Å². The molecule has 2 aliphatic heterocycles. The Morgan fingerprint density at radius 2 is 1.56 bits per heavy atom. The Morgan fingerprint density at radius 3 is 2.12 bits per heavy atom. The topological polar surface area (TPSA) is 216 Å². The third kappa shape index (κ3) is 4.58. The molecule has 0 amide bonds. The number of hydrogen-bond donors (Lipinski definition) is 8. The number of phenols is 1. The predicted molar refractivity (Wildman–Crippen MR) is 99.9 cm³/mol. The zero-order valence-electron chi connectivity index (χ0n) is 16.7. The summed E-state index contributed by atoms with van der Waals surface area (Å²) in [5.41, 5.74) is 0.0167. The van der Waals surface area contributed by atoms with Crippen LogP contribution in [-0.2, 0) is 18.9 Å². The fraction of sp³-hybridized carbons (Fsp3) is 0.632. The maximum Gasteiger partial charge on any atom is 0.338 e. The van der Waals surface area contributed by atoms with E-state index in [0.717, 1.165) is 0 Å². The molecule has 180 valence electrons. The molecule has 13 nitrogen and oxygen atoms in total. The minimum atomic E-state index is -2.36. The van der Waals surface area contributed by atoms with Crippen LogP contribution in [0.3, 0.4) is 0 Å². The van der Waals surface area contributed by atoms with Gasteiger partial charge < -0.3 is 59.8 Å². The molecule has 3 rings (SSSR count). The minimum absolute atomic E-state index is 0.0167. The van der Waals surface area contributed by atoms with Crippen LogP contribution in [-0.4, -0.2) is 121 Å². The zero-order valence-corrected chi connectivity index (χ0v) is 16.7. The molecule has 0 spiro atoms. The lowest BCUT2D eigenvalue weighted by Gasteiger charge is -2.43. The summed E-state index contributed by atoms with van der Waals surface area (Å²) >= 11 is 0. The molecule has 1 aromatic carbocycles. The molecule has 0 unspecified atom stereocenters. The highest BCUT2D eigenvalue weighted by Gasteiger charge is 2.60. The smallest absolute Gasteiger partial charge is 0.338 e. The molecule has 1 aromatic rings. The lowest BCUT2D eigenvalue weighted by Crippen LogP contribution is -2.62. The van der Waals surface area contributed by atoms with Crippen LogP contribution in [0.5, 0.6) is 5.75 Å². The summed E-state index contributed by atoms with van der Waals surface area (Å²) in [5, 5.41) is 78.9. The van der Waals surface area contributed by atoms with E-state index >= 15 is 0 Å². The summed E-state index contributed by atoms with van der Waals surface area (Å²) in [6.45, 7) is -2.55. The average molecular weight is 462 g/mol. The molecule has 0 radical (unpaired) electrons. The Bertz CT molecular complexity index is 771. The van der Waals surface area contributed by atoms with Crippen molar-refractivity contribution in [2.45, 2.75) is 54.8 Å². The van der Waals surface area contributed by atoms with Crippen LogP contribution in [0.1, 0.15) is 10.4 Å². The van der Waals surface area contributed by atoms with E-state index in [1.54, 1.807) is 0 Å². The molecular formula is C19H26O13. The zero-order chi connectivity index (χ0) is 23.6. The highest BCUT2D eigenvalue weighted by atomic mass is 16.8. The molecule has 8 N–H and O–H groups in total. The molecule has 9 atom stereocenters. The van der Waals surface area contributed by atoms with Gasteiger partial charge in [-0.05, 0) is 24.3 Å². The molecule has 2 saturated heterocycles. The van der Waals surface area contributed by atoms with Gasteiger partial charge in [-0.25, -0.2) is 4.79 Å². The van der Waals surface area contributed by atoms with E-state index in [9.17, 15) is 45.6 Å². The molecular weight excluding hydrogens is 436 g/mol. The Kier molecular flexibility index (Phi) is 7.67. The normalized spacial score (nSPS) is 39.7. The Hall–Kier alpha value is -1.91. The van der Waals surface area contributed by atoms with Crippen molar-refractivity contribution in [3.63, 3.8) is 0 Å². The first-order valence-electron chi connectivity index (χ1n) is 9.73. The molecule has 2 aliphatic rings. The summed E-state index contributed by atoms with van der Waals surface area (Å²) in [5.74, 6) is -3.38. The van der Waals surface area contributed by atoms with Gasteiger partial charge in [-0.2, -0.15) is 0 Å². The van der Waals surface area contributed by atoms with Crippen molar-refractivity contribution in [1.82, 2.24) is 0 Å². The van der Waals surface area contributed by atoms with Crippen LogP contribution in [0.4, 0.5) is 0 Å². The largest absolute Gasteiger partial charge is 0.508 e. The van der Waals surface area contributed by atoms with Crippen LogP contribution in [0, 0.1) is 0 Å². The number of aliphatic hydroxyl groups is 7. The number of esters is 1. The molecule has 32 heavy (non-hydrogen) atoms. The van der Waals surface area contributed by atoms with Crippen LogP contribution in [0.15, 0.2) is 24.3 Å². The number of rotatable bonds is 7. The van der Waals surface area contributed by atoms with Crippen molar-refractivity contribution >= 4 is 5.97 Å². The van der Waals surface area contributed by atoms with Gasteiger partial charge in [0.1, 0.15) is 49.0 Å². The summed E-state index contributed by atoms with van der Waals surface area (Å²) in [6.07, 6.45) is -13.2. The SMILES string of the molecule is O=C(O[C@@H]1[C@@H](CO)O[C@@](CO)(O[C@H]2O[C@H](CO)[C@@H](O)[C@H](O)[C@H]2O)[C@H]1O)c1ccc(O)cc1. The number of carbonyl (C=O) groups excluding carboxylic acids is 1. The second-order valence-electron chi connectivity index (χ2n) is 7.49. The Balaban J connectivity index is 1.79. The van der Waals surface area contributed by atoms with Gasteiger partial charge in [-0.1, -0.05) is 0 Å². The van der Waals surface area contributed by atoms with Gasteiger partial charge >= 0.3 is 5.97 Å². The number of benzene rings is 1. The number of aliphatic hydroxyl groups excluding tert-OH is 7. The average Bonchev–Trinajstić information content (AvgIpc) is 3.05. The molecule has 0 aromatic heterocycles. The molecule has 13 heteroatoms. The molecule has 0 bridgehead atoms. The van der Waals surface area contributed by atoms with Crippen LogP contribution >= 0.6 is 0 Å². The number of carbonyl (C=O) groups is 1. The number of phenolic OH excluding ortho intramolecular Hbond substituents is 1. The second-order valence-corrected chi connectivity index (χ2v) is 7.49. The molecule has 2 fully saturated rings. The fourth-order valence-corrected chi connectivity index (χ4v) is 3.54. The van der Waals surface area contributed by atoms with Gasteiger partial charge in [-0.15, -0.1) is 0 Å². The lowest BCUT2D eigenvalue weighted by atomic mass is 9.99. The van der Waals surface area contributed by atoms with Gasteiger partial charge in [0.25, 0.3) is 0 Å². The maximum absolute atomic E-state index is 12.4. The Labute approximate surface area is 181 Å². The van der Waals surface area contributed by atoms with Crippen LogP contribution in [0.25, 0.3) is 0 Å². The molecule has 2 heterocycles. The Morgan fingerprint density at radius 1 is 0.938 bits per heavy atom. The standard InChI is InChI=1S/C19H26O13/c20-5-10-12(24)13(25)14(26)18(29-10)32-19(7-22)16(27)15(11(6-21)31-19)30-17(28)8-1-3-9(23)4-2-8/h1-4,10-16,18,20-27H,5-7H2/t10-,11-,12-,13+,14-,15-,16+,18-,19+/m1/s1. The van der Waals surface area contributed by atoms with E-state index in [4.69, 9.17) is 18.9 Å². The molecule has 0 saturated carbocycles. The number of ether oxygens (including phenoxy) is 4.